The second kappa shape index (κ2) is 4.91. The van der Waals surface area contributed by atoms with E-state index in [1.54, 1.807) is 0 Å². The Kier molecular flexibility index (Phi) is 4.11. The van der Waals surface area contributed by atoms with Crippen molar-refractivity contribution in [3.8, 4) is 0 Å². The Hall–Kier alpha value is -0.380. The summed E-state index contributed by atoms with van der Waals surface area (Å²) < 4.78 is 0. The van der Waals surface area contributed by atoms with Gasteiger partial charge in [-0.05, 0) is 30.5 Å². The second-order valence-electron chi connectivity index (χ2n) is 3.47. The molecule has 0 aliphatic rings. The first-order valence-electron chi connectivity index (χ1n) is 4.56. The molecule has 0 aliphatic heterocycles. The van der Waals surface area contributed by atoms with Gasteiger partial charge in [0.25, 0.3) is 0 Å². The van der Waals surface area contributed by atoms with E-state index in [0.29, 0.717) is 5.33 Å². The lowest BCUT2D eigenvalue weighted by Gasteiger charge is -2.20. The molecule has 0 saturated carbocycles. The summed E-state index contributed by atoms with van der Waals surface area (Å²) in [5, 5.41) is 19.8. The van der Waals surface area contributed by atoms with Crippen LogP contribution in [0.2, 0.25) is 0 Å². The van der Waals surface area contributed by atoms with E-state index >= 15 is 0 Å². The highest BCUT2D eigenvalue weighted by molar-refractivity contribution is 9.09. The molecule has 1 rings (SSSR count). The third-order valence-electron chi connectivity index (χ3n) is 2.36. The van der Waals surface area contributed by atoms with E-state index in [0.717, 1.165) is 16.7 Å². The third kappa shape index (κ3) is 2.35. The Bertz CT molecular complexity index is 292. The number of halogens is 1. The lowest BCUT2D eigenvalue weighted by Crippen LogP contribution is -2.21. The zero-order chi connectivity index (χ0) is 10.7. The molecule has 0 fully saturated rings. The number of hydrogen-bond donors (Lipinski definition) is 2. The van der Waals surface area contributed by atoms with Gasteiger partial charge in [0, 0.05) is 5.33 Å². The predicted octanol–water partition coefficient (Wildman–Crippen LogP) is 2.09. The van der Waals surface area contributed by atoms with Crippen LogP contribution in [0.3, 0.4) is 0 Å². The Morgan fingerprint density at radius 1 is 1.21 bits per heavy atom. The van der Waals surface area contributed by atoms with Crippen LogP contribution in [-0.2, 0) is 0 Å². The molecule has 3 heteroatoms. The van der Waals surface area contributed by atoms with Crippen LogP contribution in [-0.4, -0.2) is 21.6 Å². The van der Waals surface area contributed by atoms with E-state index in [2.05, 4.69) is 15.9 Å². The quantitative estimate of drug-likeness (QED) is 0.816. The number of alkyl halides is 1. The Labute approximate surface area is 92.7 Å². The molecular formula is C11H15BrO2. The fourth-order valence-corrected chi connectivity index (χ4v) is 1.92. The topological polar surface area (TPSA) is 40.5 Å². The molecule has 2 unspecified atom stereocenters. The highest BCUT2D eigenvalue weighted by Gasteiger charge is 2.20. The summed E-state index contributed by atoms with van der Waals surface area (Å²) in [7, 11) is 0. The van der Waals surface area contributed by atoms with Crippen LogP contribution in [0.1, 0.15) is 22.8 Å². The van der Waals surface area contributed by atoms with Crippen LogP contribution >= 0.6 is 15.9 Å². The largest absolute Gasteiger partial charge is 0.389 e. The van der Waals surface area contributed by atoms with Crippen molar-refractivity contribution in [2.75, 3.05) is 5.33 Å². The summed E-state index contributed by atoms with van der Waals surface area (Å²) in [6.07, 6.45) is -1.56. The van der Waals surface area contributed by atoms with Gasteiger partial charge < -0.3 is 10.2 Å². The predicted molar refractivity (Wildman–Crippen MR) is 60.7 cm³/mol. The molecule has 0 spiro atoms. The number of aryl methyl sites for hydroxylation is 2. The van der Waals surface area contributed by atoms with Gasteiger partial charge in [0.05, 0.1) is 6.10 Å². The first-order valence-corrected chi connectivity index (χ1v) is 5.68. The molecule has 0 bridgehead atoms. The summed E-state index contributed by atoms with van der Waals surface area (Å²) in [6, 6.07) is 5.82. The van der Waals surface area contributed by atoms with Crippen molar-refractivity contribution in [1.29, 1.82) is 0 Å². The fourth-order valence-electron chi connectivity index (χ4n) is 1.57. The molecular weight excluding hydrogens is 244 g/mol. The normalized spacial score (nSPS) is 15.2. The van der Waals surface area contributed by atoms with Crippen molar-refractivity contribution in [2.24, 2.45) is 0 Å². The summed E-state index contributed by atoms with van der Waals surface area (Å²) in [4.78, 5) is 0. The molecule has 2 nitrogen and oxygen atoms in total. The van der Waals surface area contributed by atoms with Crippen LogP contribution in [0, 0.1) is 13.8 Å². The molecule has 1 aromatic rings. The van der Waals surface area contributed by atoms with Gasteiger partial charge in [-0.25, -0.2) is 0 Å². The average molecular weight is 259 g/mol. The van der Waals surface area contributed by atoms with E-state index in [1.807, 2.05) is 32.0 Å². The minimum absolute atomic E-state index is 0.377. The Balaban J connectivity index is 3.05. The SMILES string of the molecule is Cc1cccc(C)c1C(O)C(O)CBr. The lowest BCUT2D eigenvalue weighted by molar-refractivity contribution is 0.0335. The first-order chi connectivity index (χ1) is 6.57. The maximum atomic E-state index is 9.87. The lowest BCUT2D eigenvalue weighted by atomic mass is 9.95. The molecule has 0 aromatic heterocycles. The third-order valence-corrected chi connectivity index (χ3v) is 3.02. The number of aliphatic hydroxyl groups excluding tert-OH is 2. The highest BCUT2D eigenvalue weighted by Crippen LogP contribution is 2.24. The molecule has 2 atom stereocenters. The van der Waals surface area contributed by atoms with Gasteiger partial charge in [-0.2, -0.15) is 0 Å². The van der Waals surface area contributed by atoms with Crippen molar-refractivity contribution in [2.45, 2.75) is 26.1 Å². The second-order valence-corrected chi connectivity index (χ2v) is 4.12. The average Bonchev–Trinajstić information content (AvgIpc) is 2.16. The van der Waals surface area contributed by atoms with Crippen LogP contribution < -0.4 is 0 Å². The molecule has 0 heterocycles. The molecule has 78 valence electrons. The van der Waals surface area contributed by atoms with Gasteiger partial charge in [0.2, 0.25) is 0 Å². The van der Waals surface area contributed by atoms with Crippen molar-refractivity contribution in [3.05, 3.63) is 34.9 Å². The smallest absolute Gasteiger partial charge is 0.106 e. The maximum absolute atomic E-state index is 9.87. The molecule has 1 aromatic carbocycles. The van der Waals surface area contributed by atoms with E-state index in [4.69, 9.17) is 0 Å². The molecule has 14 heavy (non-hydrogen) atoms. The molecule has 0 radical (unpaired) electrons. The van der Waals surface area contributed by atoms with Crippen molar-refractivity contribution in [3.63, 3.8) is 0 Å². The zero-order valence-corrected chi connectivity index (χ0v) is 9.95. The summed E-state index contributed by atoms with van der Waals surface area (Å²) in [5.74, 6) is 0. The number of aliphatic hydroxyl groups is 2. The van der Waals surface area contributed by atoms with Crippen molar-refractivity contribution < 1.29 is 10.2 Å². The van der Waals surface area contributed by atoms with Gasteiger partial charge >= 0.3 is 0 Å². The van der Waals surface area contributed by atoms with E-state index in [-0.39, 0.29) is 0 Å². The number of hydrogen-bond acceptors (Lipinski definition) is 2. The van der Waals surface area contributed by atoms with Gasteiger partial charge in [0.1, 0.15) is 6.10 Å². The Morgan fingerprint density at radius 3 is 2.14 bits per heavy atom. The maximum Gasteiger partial charge on any atom is 0.106 e. The van der Waals surface area contributed by atoms with Gasteiger partial charge in [-0.3, -0.25) is 0 Å². The summed E-state index contributed by atoms with van der Waals surface area (Å²) >= 11 is 3.15. The summed E-state index contributed by atoms with van der Waals surface area (Å²) in [5.41, 5.74) is 2.86. The van der Waals surface area contributed by atoms with E-state index in [1.165, 1.54) is 0 Å². The van der Waals surface area contributed by atoms with Crippen LogP contribution in [0.25, 0.3) is 0 Å². The van der Waals surface area contributed by atoms with Gasteiger partial charge in [-0.15, -0.1) is 0 Å². The van der Waals surface area contributed by atoms with Crippen molar-refractivity contribution >= 4 is 15.9 Å². The van der Waals surface area contributed by atoms with Crippen LogP contribution in [0.15, 0.2) is 18.2 Å². The van der Waals surface area contributed by atoms with Crippen LogP contribution in [0.4, 0.5) is 0 Å². The molecule has 0 amide bonds. The Morgan fingerprint density at radius 2 is 1.71 bits per heavy atom. The summed E-state index contributed by atoms with van der Waals surface area (Å²) in [6.45, 7) is 3.87. The number of rotatable bonds is 3. The first kappa shape index (κ1) is 11.7. The van der Waals surface area contributed by atoms with E-state index < -0.39 is 12.2 Å². The zero-order valence-electron chi connectivity index (χ0n) is 8.37. The standard InChI is InChI=1S/C11H15BrO2/c1-7-4-3-5-8(2)10(7)11(14)9(13)6-12/h3-5,9,11,13-14H,6H2,1-2H3. The van der Waals surface area contributed by atoms with E-state index in [9.17, 15) is 10.2 Å². The number of benzene rings is 1. The van der Waals surface area contributed by atoms with Gasteiger partial charge in [-0.1, -0.05) is 34.1 Å². The van der Waals surface area contributed by atoms with Crippen molar-refractivity contribution in [1.82, 2.24) is 0 Å². The minimum atomic E-state index is -0.810. The van der Waals surface area contributed by atoms with Crippen LogP contribution in [0.5, 0.6) is 0 Å². The molecule has 0 aliphatic carbocycles. The minimum Gasteiger partial charge on any atom is -0.389 e. The molecule has 0 saturated heterocycles. The highest BCUT2D eigenvalue weighted by atomic mass is 79.9. The van der Waals surface area contributed by atoms with Gasteiger partial charge in [0.15, 0.2) is 0 Å². The monoisotopic (exact) mass is 258 g/mol. The molecule has 2 N–H and O–H groups in total. The fraction of sp³-hybridized carbons (Fsp3) is 0.455.